The van der Waals surface area contributed by atoms with Gasteiger partial charge in [-0.05, 0) is 53.0 Å². The van der Waals surface area contributed by atoms with Crippen molar-refractivity contribution in [2.75, 3.05) is 38.0 Å². The summed E-state index contributed by atoms with van der Waals surface area (Å²) >= 11 is 3.51. The first-order valence-corrected chi connectivity index (χ1v) is 9.85. The summed E-state index contributed by atoms with van der Waals surface area (Å²) in [6, 6.07) is 14.6. The number of benzene rings is 2. The highest BCUT2D eigenvalue weighted by Crippen LogP contribution is 2.23. The van der Waals surface area contributed by atoms with E-state index < -0.39 is 0 Å². The molecular formula is C21H26BrN3O. The summed E-state index contributed by atoms with van der Waals surface area (Å²) in [6.45, 7) is 9.43. The van der Waals surface area contributed by atoms with E-state index in [2.05, 4.69) is 62.2 Å². The minimum atomic E-state index is 0.0432. The van der Waals surface area contributed by atoms with Gasteiger partial charge in [0.25, 0.3) is 0 Å². The van der Waals surface area contributed by atoms with E-state index in [4.69, 9.17) is 0 Å². The first-order chi connectivity index (χ1) is 12.5. The van der Waals surface area contributed by atoms with E-state index in [1.165, 1.54) is 16.7 Å². The molecule has 1 heterocycles. The highest BCUT2D eigenvalue weighted by atomic mass is 79.9. The van der Waals surface area contributed by atoms with Crippen LogP contribution in [0.2, 0.25) is 0 Å². The van der Waals surface area contributed by atoms with Gasteiger partial charge in [-0.25, -0.2) is 0 Å². The number of hydrogen-bond acceptors (Lipinski definition) is 3. The molecule has 1 aliphatic rings. The van der Waals surface area contributed by atoms with Crippen molar-refractivity contribution < 1.29 is 4.79 Å². The Hall–Kier alpha value is -1.69. The van der Waals surface area contributed by atoms with Crippen molar-refractivity contribution in [1.29, 1.82) is 0 Å². The molecule has 0 bridgehead atoms. The monoisotopic (exact) mass is 415 g/mol. The number of aryl methyl sites for hydroxylation is 2. The molecule has 26 heavy (non-hydrogen) atoms. The van der Waals surface area contributed by atoms with E-state index >= 15 is 0 Å². The third kappa shape index (κ3) is 5.40. The Labute approximate surface area is 164 Å². The van der Waals surface area contributed by atoms with Crippen molar-refractivity contribution in [2.24, 2.45) is 0 Å². The summed E-state index contributed by atoms with van der Waals surface area (Å²) in [5.74, 6) is 0.0432. The lowest BCUT2D eigenvalue weighted by Gasteiger charge is -2.34. The second-order valence-electron chi connectivity index (χ2n) is 7.07. The first kappa shape index (κ1) is 19.1. The molecule has 0 unspecified atom stereocenters. The van der Waals surface area contributed by atoms with Crippen LogP contribution in [0.4, 0.5) is 5.69 Å². The fourth-order valence-corrected chi connectivity index (χ4v) is 3.88. The largest absolute Gasteiger partial charge is 0.324 e. The molecule has 0 atom stereocenters. The standard InChI is InChI=1S/C21H26BrN3O/c1-16-4-3-5-18(12-16)14-24-8-10-25(11-9-24)15-21(26)23-20-7-6-17(2)13-19(20)22/h3-7,12-13H,8-11,14-15H2,1-2H3,(H,23,26). The predicted octanol–water partition coefficient (Wildman–Crippen LogP) is 3.82. The second-order valence-corrected chi connectivity index (χ2v) is 7.93. The topological polar surface area (TPSA) is 35.6 Å². The van der Waals surface area contributed by atoms with Gasteiger partial charge in [0.1, 0.15) is 0 Å². The predicted molar refractivity (Wildman–Crippen MR) is 110 cm³/mol. The normalized spacial score (nSPS) is 15.8. The van der Waals surface area contributed by atoms with Gasteiger partial charge in [0, 0.05) is 37.2 Å². The molecule has 1 saturated heterocycles. The lowest BCUT2D eigenvalue weighted by molar-refractivity contribution is -0.117. The van der Waals surface area contributed by atoms with Crippen molar-refractivity contribution in [3.8, 4) is 0 Å². The minimum absolute atomic E-state index is 0.0432. The van der Waals surface area contributed by atoms with Crippen molar-refractivity contribution in [2.45, 2.75) is 20.4 Å². The van der Waals surface area contributed by atoms with Gasteiger partial charge in [0.05, 0.1) is 12.2 Å². The zero-order valence-electron chi connectivity index (χ0n) is 15.5. The number of anilines is 1. The van der Waals surface area contributed by atoms with Crippen molar-refractivity contribution in [1.82, 2.24) is 9.80 Å². The van der Waals surface area contributed by atoms with Crippen LogP contribution in [0.5, 0.6) is 0 Å². The molecule has 138 valence electrons. The molecule has 0 aliphatic carbocycles. The smallest absolute Gasteiger partial charge is 0.238 e. The van der Waals surface area contributed by atoms with E-state index in [0.717, 1.165) is 42.9 Å². The molecule has 1 aliphatic heterocycles. The number of amides is 1. The maximum absolute atomic E-state index is 12.3. The van der Waals surface area contributed by atoms with Crippen molar-refractivity contribution >= 4 is 27.5 Å². The molecule has 3 rings (SSSR count). The van der Waals surface area contributed by atoms with Crippen LogP contribution in [0, 0.1) is 13.8 Å². The van der Waals surface area contributed by atoms with E-state index in [9.17, 15) is 4.79 Å². The molecule has 5 heteroatoms. The number of nitrogens with one attached hydrogen (secondary N) is 1. The van der Waals surface area contributed by atoms with E-state index in [1.54, 1.807) is 0 Å². The molecule has 4 nitrogen and oxygen atoms in total. The Morgan fingerprint density at radius 1 is 1.00 bits per heavy atom. The molecule has 0 spiro atoms. The zero-order valence-corrected chi connectivity index (χ0v) is 17.1. The van der Waals surface area contributed by atoms with E-state index in [0.29, 0.717) is 6.54 Å². The van der Waals surface area contributed by atoms with Crippen molar-refractivity contribution in [3.05, 3.63) is 63.6 Å². The molecular weight excluding hydrogens is 390 g/mol. The highest BCUT2D eigenvalue weighted by Gasteiger charge is 2.19. The van der Waals surface area contributed by atoms with Crippen LogP contribution in [0.3, 0.4) is 0 Å². The molecule has 1 amide bonds. The average Bonchev–Trinajstić information content (AvgIpc) is 2.59. The Kier molecular flexibility index (Phi) is 6.46. The highest BCUT2D eigenvalue weighted by molar-refractivity contribution is 9.10. The third-order valence-corrected chi connectivity index (χ3v) is 5.38. The van der Waals surface area contributed by atoms with E-state index in [1.807, 2.05) is 25.1 Å². The van der Waals surface area contributed by atoms with Gasteiger partial charge in [-0.3, -0.25) is 14.6 Å². The zero-order chi connectivity index (χ0) is 18.5. The lowest BCUT2D eigenvalue weighted by atomic mass is 10.1. The Bertz CT molecular complexity index is 770. The number of rotatable bonds is 5. The lowest BCUT2D eigenvalue weighted by Crippen LogP contribution is -2.48. The summed E-state index contributed by atoms with van der Waals surface area (Å²) < 4.78 is 0.925. The molecule has 2 aromatic rings. The van der Waals surface area contributed by atoms with Gasteiger partial charge in [-0.1, -0.05) is 35.9 Å². The fourth-order valence-electron chi connectivity index (χ4n) is 3.29. The van der Waals surface area contributed by atoms with E-state index in [-0.39, 0.29) is 5.91 Å². The Morgan fingerprint density at radius 3 is 2.38 bits per heavy atom. The van der Waals surface area contributed by atoms with Crippen LogP contribution in [0.1, 0.15) is 16.7 Å². The van der Waals surface area contributed by atoms with Gasteiger partial charge < -0.3 is 5.32 Å². The van der Waals surface area contributed by atoms with Gasteiger partial charge in [0.15, 0.2) is 0 Å². The van der Waals surface area contributed by atoms with Crippen molar-refractivity contribution in [3.63, 3.8) is 0 Å². The molecule has 1 N–H and O–H groups in total. The first-order valence-electron chi connectivity index (χ1n) is 9.06. The molecule has 0 radical (unpaired) electrons. The molecule has 0 aromatic heterocycles. The third-order valence-electron chi connectivity index (χ3n) is 4.72. The Balaban J connectivity index is 1.45. The van der Waals surface area contributed by atoms with Gasteiger partial charge in [-0.2, -0.15) is 0 Å². The number of nitrogens with zero attached hydrogens (tertiary/aromatic N) is 2. The van der Waals surface area contributed by atoms with Gasteiger partial charge in [0.2, 0.25) is 5.91 Å². The quantitative estimate of drug-likeness (QED) is 0.805. The number of carbonyl (C=O) groups excluding carboxylic acids is 1. The number of hydrogen-bond donors (Lipinski definition) is 1. The number of carbonyl (C=O) groups is 1. The summed E-state index contributed by atoms with van der Waals surface area (Å²) in [5.41, 5.74) is 4.67. The minimum Gasteiger partial charge on any atom is -0.324 e. The number of halogens is 1. The molecule has 2 aromatic carbocycles. The maximum atomic E-state index is 12.3. The maximum Gasteiger partial charge on any atom is 0.238 e. The Morgan fingerprint density at radius 2 is 1.69 bits per heavy atom. The average molecular weight is 416 g/mol. The fraction of sp³-hybridized carbons (Fsp3) is 0.381. The van der Waals surface area contributed by atoms with Crippen LogP contribution in [0.25, 0.3) is 0 Å². The van der Waals surface area contributed by atoms with Gasteiger partial charge in [-0.15, -0.1) is 0 Å². The summed E-state index contributed by atoms with van der Waals surface area (Å²) in [5, 5.41) is 3.00. The van der Waals surface area contributed by atoms with Crippen LogP contribution in [-0.2, 0) is 11.3 Å². The van der Waals surface area contributed by atoms with Crippen LogP contribution >= 0.6 is 15.9 Å². The summed E-state index contributed by atoms with van der Waals surface area (Å²) in [6.07, 6.45) is 0. The van der Waals surface area contributed by atoms with Crippen LogP contribution in [-0.4, -0.2) is 48.4 Å². The summed E-state index contributed by atoms with van der Waals surface area (Å²) in [4.78, 5) is 17.0. The van der Waals surface area contributed by atoms with Crippen LogP contribution in [0.15, 0.2) is 46.9 Å². The van der Waals surface area contributed by atoms with Gasteiger partial charge >= 0.3 is 0 Å². The van der Waals surface area contributed by atoms with Crippen LogP contribution < -0.4 is 5.32 Å². The molecule has 0 saturated carbocycles. The molecule has 1 fully saturated rings. The SMILES string of the molecule is Cc1cccc(CN2CCN(CC(=O)Nc3ccc(C)cc3Br)CC2)c1. The second kappa shape index (κ2) is 8.80. The number of piperazine rings is 1. The summed E-state index contributed by atoms with van der Waals surface area (Å²) in [7, 11) is 0.